The van der Waals surface area contributed by atoms with Gasteiger partial charge in [0, 0.05) is 17.7 Å². The summed E-state index contributed by atoms with van der Waals surface area (Å²) in [5.74, 6) is 0.0155. The van der Waals surface area contributed by atoms with Crippen LogP contribution in [-0.2, 0) is 14.6 Å². The lowest BCUT2D eigenvalue weighted by atomic mass is 9.81. The number of hydrogen-bond donors (Lipinski definition) is 0. The number of rotatable bonds is 6. The van der Waals surface area contributed by atoms with Gasteiger partial charge in [0.1, 0.15) is 17.5 Å². The Morgan fingerprint density at radius 3 is 2.25 bits per heavy atom. The number of ether oxygens (including phenoxy) is 1. The Kier molecular flexibility index (Phi) is 8.56. The summed E-state index contributed by atoms with van der Waals surface area (Å²) in [6.45, 7) is 9.61. The van der Waals surface area contributed by atoms with Crippen LogP contribution in [0.3, 0.4) is 0 Å². The van der Waals surface area contributed by atoms with Crippen LogP contribution >= 0.6 is 0 Å². The second kappa shape index (κ2) is 10.7. The molecule has 32 heavy (non-hydrogen) atoms. The van der Waals surface area contributed by atoms with Gasteiger partial charge in [-0.2, -0.15) is 0 Å². The molecule has 0 aliphatic carbocycles. The minimum atomic E-state index is -3.31. The molecule has 1 aliphatic heterocycles. The molecule has 3 atom stereocenters. The lowest BCUT2D eigenvalue weighted by Crippen LogP contribution is -2.38. The Morgan fingerprint density at radius 1 is 1.12 bits per heavy atom. The first-order chi connectivity index (χ1) is 15.1. The van der Waals surface area contributed by atoms with Crippen LogP contribution in [-0.4, -0.2) is 26.2 Å². The largest absolute Gasteiger partial charge is 0.468 e. The smallest absolute Gasteiger partial charge is 0.217 e. The maximum Gasteiger partial charge on any atom is 0.217 e. The Balaban J connectivity index is 0.00000176. The van der Waals surface area contributed by atoms with Crippen LogP contribution < -0.4 is 0 Å². The molecule has 0 amide bonds. The molecule has 0 saturated carbocycles. The van der Waals surface area contributed by atoms with E-state index < -0.39 is 15.4 Å². The van der Waals surface area contributed by atoms with Gasteiger partial charge < -0.3 is 4.74 Å². The van der Waals surface area contributed by atoms with E-state index in [9.17, 15) is 12.8 Å². The van der Waals surface area contributed by atoms with Crippen molar-refractivity contribution in [1.82, 2.24) is 0 Å². The van der Waals surface area contributed by atoms with Crippen molar-refractivity contribution in [1.29, 1.82) is 0 Å². The van der Waals surface area contributed by atoms with E-state index in [1.54, 1.807) is 31.2 Å². The van der Waals surface area contributed by atoms with Crippen LogP contribution in [0.1, 0.15) is 51.8 Å². The van der Waals surface area contributed by atoms with Gasteiger partial charge in [-0.25, -0.2) is 17.8 Å². The number of hydrogen-bond acceptors (Lipinski definition) is 4. The summed E-state index contributed by atoms with van der Waals surface area (Å²) in [6.07, 6.45) is 6.19. The molecule has 0 aromatic heterocycles. The molecule has 1 aliphatic rings. The number of nitrogens with zero attached hydrogens (tertiary/aromatic N) is 1. The molecule has 0 fully saturated rings. The minimum absolute atomic E-state index is 0.186. The molecule has 0 N–H and O–H groups in total. The molecule has 3 rings (SSSR count). The monoisotopic (exact) mass is 457 g/mol. The van der Waals surface area contributed by atoms with E-state index in [1.165, 1.54) is 18.4 Å². The molecular formula is C26H32FNO3S. The first-order valence-electron chi connectivity index (χ1n) is 10.8. The molecule has 172 valence electrons. The van der Waals surface area contributed by atoms with Gasteiger partial charge in [0.05, 0.1) is 4.91 Å². The fourth-order valence-electron chi connectivity index (χ4n) is 3.51. The maximum atomic E-state index is 13.5. The zero-order valence-electron chi connectivity index (χ0n) is 19.5. The summed E-state index contributed by atoms with van der Waals surface area (Å²) in [4.78, 5) is 5.08. The number of halogens is 1. The number of sulfone groups is 1. The Bertz CT molecular complexity index is 1090. The van der Waals surface area contributed by atoms with Crippen LogP contribution in [0, 0.1) is 11.7 Å². The van der Waals surface area contributed by atoms with Crippen LogP contribution in [0.5, 0.6) is 0 Å². The van der Waals surface area contributed by atoms with E-state index in [2.05, 4.69) is 0 Å². The first-order valence-corrected chi connectivity index (χ1v) is 12.7. The van der Waals surface area contributed by atoms with E-state index in [1.807, 2.05) is 64.1 Å². The van der Waals surface area contributed by atoms with Crippen molar-refractivity contribution < 1.29 is 17.5 Å². The van der Waals surface area contributed by atoms with Crippen molar-refractivity contribution in [3.8, 4) is 0 Å². The van der Waals surface area contributed by atoms with Gasteiger partial charge in [0.2, 0.25) is 5.90 Å². The summed E-state index contributed by atoms with van der Waals surface area (Å²) in [7, 11) is -3.31. The van der Waals surface area contributed by atoms with Gasteiger partial charge in [-0.3, -0.25) is 0 Å². The van der Waals surface area contributed by atoms with Gasteiger partial charge >= 0.3 is 0 Å². The molecule has 1 heterocycles. The third kappa shape index (κ3) is 5.74. The van der Waals surface area contributed by atoms with E-state index >= 15 is 0 Å². The number of allylic oxidation sites excluding steroid dienone is 2. The van der Waals surface area contributed by atoms with Crippen LogP contribution in [0.2, 0.25) is 0 Å². The molecule has 2 aromatic carbocycles. The molecule has 0 bridgehead atoms. The van der Waals surface area contributed by atoms with Gasteiger partial charge in [-0.1, -0.05) is 63.3 Å². The Hall–Kier alpha value is -2.73. The highest BCUT2D eigenvalue weighted by molar-refractivity contribution is 7.94. The van der Waals surface area contributed by atoms with Crippen molar-refractivity contribution in [3.05, 3.63) is 94.7 Å². The normalized spacial score (nSPS) is 22.0. The quantitative estimate of drug-likeness (QED) is 0.481. The molecule has 3 unspecified atom stereocenters. The SMILES string of the molecule is C/C=C(\C=C/C(C)C1(C)OC(c2ccccc2)=NC1c1ccc(F)cc1)S(C)(=O)=O.CC. The average Bonchev–Trinajstić information content (AvgIpc) is 3.14. The van der Waals surface area contributed by atoms with E-state index in [0.717, 1.165) is 11.1 Å². The summed E-state index contributed by atoms with van der Waals surface area (Å²) in [5, 5.41) is 0. The highest BCUT2D eigenvalue weighted by Gasteiger charge is 2.47. The fraction of sp³-hybridized carbons (Fsp3) is 0.346. The Morgan fingerprint density at radius 2 is 1.72 bits per heavy atom. The standard InChI is InChI=1S/C24H26FNO3S.C2H6/c1-5-21(30(4,27)28)16-11-17(2)24(3)22(18-12-14-20(25)15-13-18)26-23(29-24)19-9-7-6-8-10-19;1-2/h5-17,22H,1-4H3;1-2H3/b16-11-,21-5+;. The highest BCUT2D eigenvalue weighted by atomic mass is 32.2. The highest BCUT2D eigenvalue weighted by Crippen LogP contribution is 2.44. The molecule has 2 aromatic rings. The summed E-state index contributed by atoms with van der Waals surface area (Å²) in [5.41, 5.74) is 0.907. The molecule has 0 spiro atoms. The van der Waals surface area contributed by atoms with E-state index in [4.69, 9.17) is 9.73 Å². The predicted octanol–water partition coefficient (Wildman–Crippen LogP) is 6.27. The van der Waals surface area contributed by atoms with Crippen molar-refractivity contribution in [2.45, 2.75) is 46.3 Å². The van der Waals surface area contributed by atoms with Crippen molar-refractivity contribution in [3.63, 3.8) is 0 Å². The summed E-state index contributed by atoms with van der Waals surface area (Å²) >= 11 is 0. The molecule has 6 heteroatoms. The van der Waals surface area contributed by atoms with Gasteiger partial charge in [0.15, 0.2) is 9.84 Å². The summed E-state index contributed by atoms with van der Waals surface area (Å²) in [6, 6.07) is 15.5. The van der Waals surface area contributed by atoms with Crippen molar-refractivity contribution in [2.75, 3.05) is 6.26 Å². The third-order valence-electron chi connectivity index (χ3n) is 5.48. The van der Waals surface area contributed by atoms with Gasteiger partial charge in [-0.15, -0.1) is 0 Å². The average molecular weight is 458 g/mol. The lowest BCUT2D eigenvalue weighted by Gasteiger charge is -2.34. The fourth-order valence-corrected chi connectivity index (χ4v) is 4.26. The predicted molar refractivity (Wildman–Crippen MR) is 130 cm³/mol. The maximum absolute atomic E-state index is 13.5. The second-order valence-corrected chi connectivity index (χ2v) is 9.67. The van der Waals surface area contributed by atoms with Crippen LogP contribution in [0.4, 0.5) is 4.39 Å². The third-order valence-corrected chi connectivity index (χ3v) is 6.71. The van der Waals surface area contributed by atoms with E-state index in [0.29, 0.717) is 5.90 Å². The topological polar surface area (TPSA) is 55.7 Å². The van der Waals surface area contributed by atoms with Crippen molar-refractivity contribution in [2.24, 2.45) is 10.9 Å². The molecular weight excluding hydrogens is 425 g/mol. The van der Waals surface area contributed by atoms with Crippen molar-refractivity contribution >= 4 is 15.7 Å². The lowest BCUT2D eigenvalue weighted by molar-refractivity contribution is 0.0394. The van der Waals surface area contributed by atoms with Gasteiger partial charge in [-0.05, 0) is 49.8 Å². The zero-order valence-corrected chi connectivity index (χ0v) is 20.4. The van der Waals surface area contributed by atoms with E-state index in [-0.39, 0.29) is 22.7 Å². The zero-order chi connectivity index (χ0) is 23.9. The van der Waals surface area contributed by atoms with Crippen LogP contribution in [0.25, 0.3) is 0 Å². The number of aliphatic imine (C=N–C) groups is 1. The number of benzene rings is 2. The molecule has 4 nitrogen and oxygen atoms in total. The molecule has 0 radical (unpaired) electrons. The molecule has 0 saturated heterocycles. The second-order valence-electron chi connectivity index (χ2n) is 7.65. The summed E-state index contributed by atoms with van der Waals surface area (Å²) < 4.78 is 43.7. The first kappa shape index (κ1) is 25.5. The minimum Gasteiger partial charge on any atom is -0.468 e. The van der Waals surface area contributed by atoms with Crippen LogP contribution in [0.15, 0.2) is 82.7 Å². The van der Waals surface area contributed by atoms with Gasteiger partial charge in [0.25, 0.3) is 0 Å². The Labute approximate surface area is 191 Å².